The van der Waals surface area contributed by atoms with Crippen LogP contribution in [0.2, 0.25) is 0 Å². The Balaban J connectivity index is 1.73. The van der Waals surface area contributed by atoms with Crippen LogP contribution in [0.15, 0.2) is 0 Å². The van der Waals surface area contributed by atoms with Gasteiger partial charge in [0.05, 0.1) is 0 Å². The van der Waals surface area contributed by atoms with Crippen LogP contribution in [0.3, 0.4) is 0 Å². The summed E-state index contributed by atoms with van der Waals surface area (Å²) in [5.74, 6) is 2.35. The van der Waals surface area contributed by atoms with Crippen LogP contribution >= 0.6 is 0 Å². The third-order valence-corrected chi connectivity index (χ3v) is 6.06. The summed E-state index contributed by atoms with van der Waals surface area (Å²) in [5, 5.41) is 0. The summed E-state index contributed by atoms with van der Waals surface area (Å²) in [7, 11) is 0. The molecule has 0 saturated heterocycles. The maximum atomic E-state index is 12.3. The van der Waals surface area contributed by atoms with Crippen LogP contribution in [0.5, 0.6) is 0 Å². The number of carbonyl (C=O) groups is 1. The molecule has 0 aromatic heterocycles. The zero-order valence-electron chi connectivity index (χ0n) is 14.8. The molecule has 2 aliphatic rings. The third kappa shape index (κ3) is 5.59. The Labute approximate surface area is 137 Å². The lowest BCUT2D eigenvalue weighted by Gasteiger charge is -2.33. The molecule has 22 heavy (non-hydrogen) atoms. The van der Waals surface area contributed by atoms with Crippen molar-refractivity contribution in [2.24, 2.45) is 17.8 Å². The second kappa shape index (κ2) is 9.57. The molecular formula is C20H36O2. The molecule has 0 bridgehead atoms. The van der Waals surface area contributed by atoms with E-state index in [1.807, 2.05) is 0 Å². The molecule has 1 atom stereocenters. The number of hydrogen-bond acceptors (Lipinski definition) is 2. The Morgan fingerprint density at radius 2 is 1.68 bits per heavy atom. The second-order valence-corrected chi connectivity index (χ2v) is 7.69. The van der Waals surface area contributed by atoms with E-state index >= 15 is 0 Å². The van der Waals surface area contributed by atoms with Crippen LogP contribution < -0.4 is 0 Å². The normalized spacial score (nSPS) is 28.3. The minimum Gasteiger partial charge on any atom is -0.462 e. The van der Waals surface area contributed by atoms with E-state index in [1.54, 1.807) is 0 Å². The molecule has 0 aliphatic heterocycles. The molecule has 0 aromatic carbocycles. The van der Waals surface area contributed by atoms with E-state index in [0.717, 1.165) is 31.1 Å². The predicted octanol–water partition coefficient (Wildman–Crippen LogP) is 5.89. The maximum Gasteiger partial charge on any atom is 0.306 e. The molecule has 2 fully saturated rings. The first-order valence-corrected chi connectivity index (χ1v) is 9.92. The highest BCUT2D eigenvalue weighted by Gasteiger charge is 2.29. The van der Waals surface area contributed by atoms with Crippen molar-refractivity contribution in [3.05, 3.63) is 0 Å². The van der Waals surface area contributed by atoms with E-state index in [4.69, 9.17) is 4.74 Å². The molecule has 0 heterocycles. The molecule has 2 saturated carbocycles. The molecule has 0 amide bonds. The number of hydrogen-bond donors (Lipinski definition) is 0. The number of rotatable bonds is 7. The van der Waals surface area contributed by atoms with Gasteiger partial charge in [-0.2, -0.15) is 0 Å². The molecule has 0 radical (unpaired) electrons. The van der Waals surface area contributed by atoms with Gasteiger partial charge in [-0.05, 0) is 56.3 Å². The first kappa shape index (κ1) is 17.8. The third-order valence-electron chi connectivity index (χ3n) is 6.06. The Kier molecular flexibility index (Phi) is 7.75. The summed E-state index contributed by atoms with van der Waals surface area (Å²) in [5.41, 5.74) is 0. The van der Waals surface area contributed by atoms with E-state index < -0.39 is 0 Å². The van der Waals surface area contributed by atoms with Gasteiger partial charge >= 0.3 is 5.97 Å². The van der Waals surface area contributed by atoms with Gasteiger partial charge in [-0.3, -0.25) is 4.79 Å². The van der Waals surface area contributed by atoms with Gasteiger partial charge in [0, 0.05) is 6.42 Å². The molecule has 2 rings (SSSR count). The standard InChI is InChI=1S/C20H36O2/c1-3-8-16-11-13-18(14-12-16)17(4-2)15-20(21)22-19-9-6-5-7-10-19/h16-19H,3-15H2,1-2H3. The first-order valence-electron chi connectivity index (χ1n) is 9.92. The minimum atomic E-state index is 0.0782. The molecule has 2 aliphatic carbocycles. The SMILES string of the molecule is CCCC1CCC(C(CC)CC(=O)OC2CCCCC2)CC1. The van der Waals surface area contributed by atoms with E-state index in [-0.39, 0.29) is 12.1 Å². The van der Waals surface area contributed by atoms with Gasteiger partial charge in [0.25, 0.3) is 0 Å². The maximum absolute atomic E-state index is 12.3. The van der Waals surface area contributed by atoms with Crippen LogP contribution in [0, 0.1) is 17.8 Å². The van der Waals surface area contributed by atoms with Gasteiger partial charge in [0.2, 0.25) is 0 Å². The van der Waals surface area contributed by atoms with Gasteiger partial charge in [-0.15, -0.1) is 0 Å². The average molecular weight is 309 g/mol. The molecule has 128 valence electrons. The zero-order valence-corrected chi connectivity index (χ0v) is 14.8. The molecule has 0 N–H and O–H groups in total. The quantitative estimate of drug-likeness (QED) is 0.548. The lowest BCUT2D eigenvalue weighted by molar-refractivity contribution is -0.152. The van der Waals surface area contributed by atoms with E-state index in [1.165, 1.54) is 57.8 Å². The van der Waals surface area contributed by atoms with E-state index in [0.29, 0.717) is 12.3 Å². The van der Waals surface area contributed by atoms with Crippen LogP contribution in [-0.4, -0.2) is 12.1 Å². The fourth-order valence-corrected chi connectivity index (χ4v) is 4.63. The van der Waals surface area contributed by atoms with Crippen molar-refractivity contribution in [1.29, 1.82) is 0 Å². The lowest BCUT2D eigenvalue weighted by Crippen LogP contribution is -2.27. The van der Waals surface area contributed by atoms with Crippen molar-refractivity contribution in [3.63, 3.8) is 0 Å². The van der Waals surface area contributed by atoms with Gasteiger partial charge in [0.15, 0.2) is 0 Å². The van der Waals surface area contributed by atoms with Crippen LogP contribution in [-0.2, 0) is 9.53 Å². The number of ether oxygens (including phenoxy) is 1. The van der Waals surface area contributed by atoms with Crippen LogP contribution in [0.25, 0.3) is 0 Å². The summed E-state index contributed by atoms with van der Waals surface area (Å²) < 4.78 is 5.74. The van der Waals surface area contributed by atoms with Gasteiger partial charge < -0.3 is 4.74 Å². The highest BCUT2D eigenvalue weighted by Crippen LogP contribution is 2.38. The smallest absolute Gasteiger partial charge is 0.306 e. The van der Waals surface area contributed by atoms with Crippen LogP contribution in [0.1, 0.15) is 97.3 Å². The second-order valence-electron chi connectivity index (χ2n) is 7.69. The van der Waals surface area contributed by atoms with Crippen molar-refractivity contribution in [2.75, 3.05) is 0 Å². The fourth-order valence-electron chi connectivity index (χ4n) is 4.63. The van der Waals surface area contributed by atoms with Crippen molar-refractivity contribution in [2.45, 2.75) is 103 Å². The van der Waals surface area contributed by atoms with Crippen molar-refractivity contribution in [1.82, 2.24) is 0 Å². The topological polar surface area (TPSA) is 26.3 Å². The Bertz CT molecular complexity index is 312. The Morgan fingerprint density at radius 1 is 1.00 bits per heavy atom. The average Bonchev–Trinajstić information content (AvgIpc) is 2.55. The molecular weight excluding hydrogens is 272 g/mol. The predicted molar refractivity (Wildman–Crippen MR) is 91.7 cm³/mol. The summed E-state index contributed by atoms with van der Waals surface area (Å²) in [6.45, 7) is 4.54. The first-order chi connectivity index (χ1) is 10.7. The molecule has 1 unspecified atom stereocenters. The van der Waals surface area contributed by atoms with Crippen molar-refractivity contribution < 1.29 is 9.53 Å². The zero-order chi connectivity index (χ0) is 15.8. The monoisotopic (exact) mass is 308 g/mol. The lowest BCUT2D eigenvalue weighted by atomic mass is 9.73. The highest BCUT2D eigenvalue weighted by molar-refractivity contribution is 5.69. The largest absolute Gasteiger partial charge is 0.462 e. The number of carbonyl (C=O) groups excluding carboxylic acids is 1. The van der Waals surface area contributed by atoms with Crippen molar-refractivity contribution in [3.8, 4) is 0 Å². The molecule has 0 aromatic rings. The summed E-state index contributed by atoms with van der Waals surface area (Å²) >= 11 is 0. The van der Waals surface area contributed by atoms with Gasteiger partial charge in [-0.1, -0.05) is 52.4 Å². The number of esters is 1. The summed E-state index contributed by atoms with van der Waals surface area (Å²) in [6.07, 6.45) is 16.1. The molecule has 0 spiro atoms. The fraction of sp³-hybridized carbons (Fsp3) is 0.950. The van der Waals surface area contributed by atoms with E-state index in [2.05, 4.69) is 13.8 Å². The minimum absolute atomic E-state index is 0.0782. The Morgan fingerprint density at radius 3 is 2.27 bits per heavy atom. The summed E-state index contributed by atoms with van der Waals surface area (Å²) in [6, 6.07) is 0. The molecule has 2 heteroatoms. The highest BCUT2D eigenvalue weighted by atomic mass is 16.5. The van der Waals surface area contributed by atoms with Gasteiger partial charge in [-0.25, -0.2) is 0 Å². The van der Waals surface area contributed by atoms with Crippen LogP contribution in [0.4, 0.5) is 0 Å². The van der Waals surface area contributed by atoms with E-state index in [9.17, 15) is 4.79 Å². The van der Waals surface area contributed by atoms with Crippen molar-refractivity contribution >= 4 is 5.97 Å². The Hall–Kier alpha value is -0.530. The molecule has 2 nitrogen and oxygen atoms in total. The van der Waals surface area contributed by atoms with Gasteiger partial charge in [0.1, 0.15) is 6.10 Å². The summed E-state index contributed by atoms with van der Waals surface area (Å²) in [4.78, 5) is 12.3.